The van der Waals surface area contributed by atoms with Gasteiger partial charge in [-0.15, -0.1) is 0 Å². The molecule has 1 aromatic carbocycles. The van der Waals surface area contributed by atoms with Gasteiger partial charge in [-0.05, 0) is 127 Å². The zero-order chi connectivity index (χ0) is 28.3. The summed E-state index contributed by atoms with van der Waals surface area (Å²) in [6, 6.07) is 4.20. The van der Waals surface area contributed by atoms with E-state index in [1.165, 1.54) is 76.2 Å². The highest BCUT2D eigenvalue weighted by atomic mass is 16.5. The van der Waals surface area contributed by atoms with E-state index in [4.69, 9.17) is 16.2 Å². The number of nitrogen functional groups attached to an aromatic ring is 2. The summed E-state index contributed by atoms with van der Waals surface area (Å²) in [5, 5.41) is 0. The maximum Gasteiger partial charge on any atom is 0.164 e. The molecule has 3 heteroatoms. The van der Waals surface area contributed by atoms with E-state index < -0.39 is 0 Å². The van der Waals surface area contributed by atoms with Crippen LogP contribution in [0, 0.1) is 57.7 Å². The molecule has 3 nitrogen and oxygen atoms in total. The first-order valence-electron chi connectivity index (χ1n) is 16.6. The molecule has 4 aliphatic carbocycles. The molecular weight excluding hydrogens is 476 g/mol. The monoisotopic (exact) mass is 536 g/mol. The van der Waals surface area contributed by atoms with E-state index in [0.717, 1.165) is 47.1 Å². The minimum atomic E-state index is 0.205. The first-order chi connectivity index (χ1) is 18.4. The van der Waals surface area contributed by atoms with Gasteiger partial charge in [-0.2, -0.15) is 0 Å². The Hall–Kier alpha value is -1.38. The molecule has 0 bridgehead atoms. The Morgan fingerprint density at radius 2 is 1.54 bits per heavy atom. The smallest absolute Gasteiger partial charge is 0.164 e. The van der Waals surface area contributed by atoms with Crippen LogP contribution in [-0.2, 0) is 0 Å². The number of ether oxygens (including phenoxy) is 1. The fraction of sp³-hybridized carbons (Fsp3) is 0.833. The molecule has 0 amide bonds. The number of methoxy groups -OCH3 is 1. The molecule has 4 fully saturated rings. The highest BCUT2D eigenvalue weighted by Gasteiger charge is 2.63. The normalized spacial score (nSPS) is 40.0. The van der Waals surface area contributed by atoms with Crippen molar-refractivity contribution in [1.29, 1.82) is 0 Å². The third-order valence-corrected chi connectivity index (χ3v) is 13.7. The van der Waals surface area contributed by atoms with Crippen molar-refractivity contribution < 1.29 is 4.74 Å². The van der Waals surface area contributed by atoms with Gasteiger partial charge in [0.05, 0.1) is 18.5 Å². The van der Waals surface area contributed by atoms with E-state index in [9.17, 15) is 0 Å². The highest BCUT2D eigenvalue weighted by molar-refractivity contribution is 5.71. The molecule has 0 radical (unpaired) electrons. The number of rotatable bonds is 7. The third kappa shape index (κ3) is 4.61. The second-order valence-electron chi connectivity index (χ2n) is 16.1. The summed E-state index contributed by atoms with van der Waals surface area (Å²) in [5.41, 5.74) is 16.8. The lowest BCUT2D eigenvalue weighted by Crippen LogP contribution is -2.57. The minimum Gasteiger partial charge on any atom is -0.492 e. The van der Waals surface area contributed by atoms with Crippen molar-refractivity contribution >= 4 is 11.4 Å². The summed E-state index contributed by atoms with van der Waals surface area (Å²) >= 11 is 0. The zero-order valence-corrected chi connectivity index (χ0v) is 26.6. The fourth-order valence-electron chi connectivity index (χ4n) is 11.9. The Labute approximate surface area is 240 Å². The fourth-order valence-corrected chi connectivity index (χ4v) is 11.9. The van der Waals surface area contributed by atoms with Crippen LogP contribution >= 0.6 is 0 Å². The largest absolute Gasteiger partial charge is 0.492 e. The van der Waals surface area contributed by atoms with Gasteiger partial charge < -0.3 is 16.2 Å². The molecule has 0 saturated heterocycles. The molecule has 4 N–H and O–H groups in total. The molecule has 0 spiro atoms. The van der Waals surface area contributed by atoms with Crippen LogP contribution in [0.5, 0.6) is 5.75 Å². The van der Waals surface area contributed by atoms with Gasteiger partial charge >= 0.3 is 0 Å². The second kappa shape index (κ2) is 10.5. The number of anilines is 2. The van der Waals surface area contributed by atoms with Crippen molar-refractivity contribution in [2.24, 2.45) is 57.7 Å². The molecule has 39 heavy (non-hydrogen) atoms. The number of hydrogen-bond acceptors (Lipinski definition) is 3. The zero-order valence-electron chi connectivity index (χ0n) is 26.6. The topological polar surface area (TPSA) is 61.3 Å². The van der Waals surface area contributed by atoms with Crippen LogP contribution in [0.15, 0.2) is 12.1 Å². The van der Waals surface area contributed by atoms with Crippen molar-refractivity contribution in [2.75, 3.05) is 18.6 Å². The summed E-state index contributed by atoms with van der Waals surface area (Å²) in [6.07, 6.45) is 15.5. The van der Waals surface area contributed by atoms with Gasteiger partial charge in [0.2, 0.25) is 0 Å². The molecule has 3 unspecified atom stereocenters. The van der Waals surface area contributed by atoms with Gasteiger partial charge in [-0.1, -0.05) is 73.8 Å². The number of fused-ring (bicyclic) bond motifs is 5. The molecule has 220 valence electrons. The Morgan fingerprint density at radius 1 is 0.846 bits per heavy atom. The molecule has 0 aliphatic heterocycles. The predicted molar refractivity (Wildman–Crippen MR) is 167 cm³/mol. The Kier molecular flexibility index (Phi) is 7.82. The first kappa shape index (κ1) is 29.1. The van der Waals surface area contributed by atoms with Crippen LogP contribution in [-0.4, -0.2) is 7.11 Å². The van der Waals surface area contributed by atoms with E-state index in [2.05, 4.69) is 54.5 Å². The van der Waals surface area contributed by atoms with E-state index in [-0.39, 0.29) is 5.41 Å². The van der Waals surface area contributed by atoms with Crippen LogP contribution in [0.2, 0.25) is 0 Å². The molecule has 4 saturated carbocycles. The van der Waals surface area contributed by atoms with E-state index in [1.54, 1.807) is 7.11 Å². The summed E-state index contributed by atoms with van der Waals surface area (Å²) in [6.45, 7) is 17.9. The van der Waals surface area contributed by atoms with Crippen molar-refractivity contribution in [2.45, 2.75) is 125 Å². The number of benzene rings is 1. The summed E-state index contributed by atoms with van der Waals surface area (Å²) in [5.74, 6) is 7.31. The third-order valence-electron chi connectivity index (χ3n) is 13.7. The Balaban J connectivity index is 1.36. The molecular formula is C36H60N2O. The predicted octanol–water partition coefficient (Wildman–Crippen LogP) is 9.70. The quantitative estimate of drug-likeness (QED) is 0.341. The molecule has 4 aliphatic rings. The molecule has 0 heterocycles. The van der Waals surface area contributed by atoms with Crippen LogP contribution in [0.4, 0.5) is 11.4 Å². The molecule has 5 rings (SSSR count). The molecule has 1 aromatic rings. The maximum absolute atomic E-state index is 6.70. The molecule has 0 aromatic heterocycles. The van der Waals surface area contributed by atoms with Crippen molar-refractivity contribution in [3.63, 3.8) is 0 Å². The van der Waals surface area contributed by atoms with Crippen molar-refractivity contribution in [3.8, 4) is 5.75 Å². The van der Waals surface area contributed by atoms with E-state index in [0.29, 0.717) is 28.2 Å². The van der Waals surface area contributed by atoms with Gasteiger partial charge in [0.15, 0.2) is 5.75 Å². The van der Waals surface area contributed by atoms with Gasteiger partial charge in [-0.25, -0.2) is 0 Å². The Bertz CT molecular complexity index is 1030. The van der Waals surface area contributed by atoms with Crippen LogP contribution in [0.1, 0.15) is 131 Å². The van der Waals surface area contributed by atoms with Gasteiger partial charge in [-0.3, -0.25) is 0 Å². The number of nitrogens with two attached hydrogens (primary N) is 2. The SMILES string of the molecule is COc1c(N)ccc(C2CC[C@@]3(C)C(CC[C@H]4[C@@H]5CC[C@H](C(C)CCCC(C)C)[C@@]5(C)CC[C@@H]43)C2(C)C)c1N. The highest BCUT2D eigenvalue weighted by Crippen LogP contribution is 2.72. The first-order valence-corrected chi connectivity index (χ1v) is 16.6. The number of hydrogen-bond donors (Lipinski definition) is 2. The van der Waals surface area contributed by atoms with Crippen molar-refractivity contribution in [1.82, 2.24) is 0 Å². The van der Waals surface area contributed by atoms with Crippen LogP contribution < -0.4 is 16.2 Å². The summed E-state index contributed by atoms with van der Waals surface area (Å²) in [7, 11) is 1.69. The summed E-state index contributed by atoms with van der Waals surface area (Å²) in [4.78, 5) is 0. The summed E-state index contributed by atoms with van der Waals surface area (Å²) < 4.78 is 5.63. The van der Waals surface area contributed by atoms with Crippen LogP contribution in [0.25, 0.3) is 0 Å². The van der Waals surface area contributed by atoms with E-state index in [1.807, 2.05) is 6.07 Å². The van der Waals surface area contributed by atoms with E-state index >= 15 is 0 Å². The van der Waals surface area contributed by atoms with Gasteiger partial charge in [0.25, 0.3) is 0 Å². The van der Waals surface area contributed by atoms with Gasteiger partial charge in [0, 0.05) is 0 Å². The molecule has 9 atom stereocenters. The lowest BCUT2D eigenvalue weighted by atomic mass is 9.39. The standard InChI is InChI=1S/C36H60N2O/c1-22(2)10-9-11-23(3)26-14-15-28-24-13-17-31-34(4,5)27(25-12-16-30(37)33(39-8)32(25)38)18-21-36(31,7)29(24)19-20-35(26,28)6/h12,16,22-24,26-29,31H,9-11,13-15,17-21,37-38H2,1-8H3/t23?,24-,26+,27?,28-,29-,31?,35+,36+/m0/s1. The minimum absolute atomic E-state index is 0.205. The van der Waals surface area contributed by atoms with Crippen molar-refractivity contribution in [3.05, 3.63) is 17.7 Å². The average Bonchev–Trinajstić information content (AvgIpc) is 3.22. The Morgan fingerprint density at radius 3 is 2.23 bits per heavy atom. The second-order valence-corrected chi connectivity index (χ2v) is 16.1. The average molecular weight is 537 g/mol. The van der Waals surface area contributed by atoms with Crippen LogP contribution in [0.3, 0.4) is 0 Å². The maximum atomic E-state index is 6.70. The lowest BCUT2D eigenvalue weighted by Gasteiger charge is -2.65. The lowest BCUT2D eigenvalue weighted by molar-refractivity contribution is -0.153. The van der Waals surface area contributed by atoms with Gasteiger partial charge in [0.1, 0.15) is 0 Å².